The molecule has 4 aromatic carbocycles. The molecule has 35 heavy (non-hydrogen) atoms. The molecule has 1 aliphatic heterocycles. The Morgan fingerprint density at radius 3 is 2.17 bits per heavy atom. The van der Waals surface area contributed by atoms with E-state index in [9.17, 15) is 8.42 Å². The van der Waals surface area contributed by atoms with Crippen LogP contribution in [-0.2, 0) is 16.6 Å². The van der Waals surface area contributed by atoms with Crippen molar-refractivity contribution in [2.45, 2.75) is 17.5 Å². The maximum atomic E-state index is 13.8. The van der Waals surface area contributed by atoms with Crippen LogP contribution in [-0.4, -0.2) is 28.1 Å². The van der Waals surface area contributed by atoms with Gasteiger partial charge in [0, 0.05) is 31.4 Å². The quantitative estimate of drug-likeness (QED) is 0.391. The Hall–Kier alpha value is -3.61. The summed E-state index contributed by atoms with van der Waals surface area (Å²) in [5.41, 5.74) is 3.87. The minimum Gasteiger partial charge on any atom is -0.368 e. The van der Waals surface area contributed by atoms with Crippen molar-refractivity contribution >= 4 is 21.4 Å². The van der Waals surface area contributed by atoms with Crippen molar-refractivity contribution in [3.05, 3.63) is 126 Å². The van der Waals surface area contributed by atoms with Crippen LogP contribution in [0.3, 0.4) is 0 Å². The smallest absolute Gasteiger partial charge is 0.264 e. The van der Waals surface area contributed by atoms with Gasteiger partial charge >= 0.3 is 0 Å². The molecule has 4 aromatic rings. The molecule has 0 bridgehead atoms. The van der Waals surface area contributed by atoms with Gasteiger partial charge in [-0.2, -0.15) is 0 Å². The van der Waals surface area contributed by atoms with Gasteiger partial charge in [-0.05, 0) is 41.5 Å². The summed E-state index contributed by atoms with van der Waals surface area (Å²) in [4.78, 5) is 2.61. The second-order valence-corrected chi connectivity index (χ2v) is 10.6. The van der Waals surface area contributed by atoms with Gasteiger partial charge in [0.15, 0.2) is 0 Å². The highest BCUT2D eigenvalue weighted by Crippen LogP contribution is 2.31. The van der Waals surface area contributed by atoms with E-state index in [1.807, 2.05) is 60.7 Å². The first-order valence-electron chi connectivity index (χ1n) is 11.9. The van der Waals surface area contributed by atoms with Crippen LogP contribution >= 0.6 is 0 Å². The molecule has 6 heteroatoms. The summed E-state index contributed by atoms with van der Waals surface area (Å²) in [7, 11) is -3.75. The fraction of sp³-hybridized carbons (Fsp3) is 0.172. The number of anilines is 2. The van der Waals surface area contributed by atoms with E-state index in [-0.39, 0.29) is 17.5 Å². The van der Waals surface area contributed by atoms with E-state index in [4.69, 9.17) is 0 Å². The van der Waals surface area contributed by atoms with Crippen LogP contribution in [0.5, 0.6) is 0 Å². The summed E-state index contributed by atoms with van der Waals surface area (Å²) < 4.78 is 29.0. The van der Waals surface area contributed by atoms with Crippen molar-refractivity contribution in [2.75, 3.05) is 28.8 Å². The maximum absolute atomic E-state index is 13.8. The number of nitrogens with one attached hydrogen (secondary N) is 1. The zero-order valence-corrected chi connectivity index (χ0v) is 20.3. The van der Waals surface area contributed by atoms with E-state index in [2.05, 4.69) is 40.5 Å². The van der Waals surface area contributed by atoms with E-state index in [0.717, 1.165) is 30.9 Å². The summed E-state index contributed by atoms with van der Waals surface area (Å²) in [6, 6.07) is 36.9. The van der Waals surface area contributed by atoms with Gasteiger partial charge < -0.3 is 10.2 Å². The lowest BCUT2D eigenvalue weighted by atomic mass is 10.0. The van der Waals surface area contributed by atoms with Crippen molar-refractivity contribution in [1.82, 2.24) is 5.32 Å². The van der Waals surface area contributed by atoms with E-state index in [1.165, 1.54) is 9.87 Å². The third-order valence-corrected chi connectivity index (χ3v) is 8.15. The molecule has 1 heterocycles. The molecular formula is C29H29N3O2S. The molecule has 5 nitrogen and oxygen atoms in total. The average molecular weight is 484 g/mol. The summed E-state index contributed by atoms with van der Waals surface area (Å²) in [6.07, 6.45) is 0. The van der Waals surface area contributed by atoms with Crippen molar-refractivity contribution in [3.63, 3.8) is 0 Å². The lowest BCUT2D eigenvalue weighted by molar-refractivity contribution is 0.472. The molecule has 1 atom stereocenters. The molecule has 1 fully saturated rings. The fourth-order valence-corrected chi connectivity index (χ4v) is 5.99. The minimum absolute atomic E-state index is 0.224. The number of benzene rings is 4. The Labute approximate surface area is 207 Å². The van der Waals surface area contributed by atoms with Crippen LogP contribution in [0.2, 0.25) is 0 Å². The first-order chi connectivity index (χ1) is 17.1. The highest BCUT2D eigenvalue weighted by Gasteiger charge is 2.27. The Morgan fingerprint density at radius 1 is 0.800 bits per heavy atom. The van der Waals surface area contributed by atoms with Crippen LogP contribution in [0.4, 0.5) is 11.4 Å². The zero-order valence-electron chi connectivity index (χ0n) is 19.5. The normalized spacial score (nSPS) is 16.1. The fourth-order valence-electron chi connectivity index (χ4n) is 4.52. The third-order valence-electron chi connectivity index (χ3n) is 6.36. The van der Waals surface area contributed by atoms with Gasteiger partial charge in [-0.3, -0.25) is 4.31 Å². The number of hydrogen-bond acceptors (Lipinski definition) is 4. The Morgan fingerprint density at radius 2 is 1.46 bits per heavy atom. The molecule has 1 aliphatic rings. The summed E-state index contributed by atoms with van der Waals surface area (Å²) in [6.45, 7) is 2.80. The first kappa shape index (κ1) is 23.1. The van der Waals surface area contributed by atoms with Crippen molar-refractivity contribution in [3.8, 4) is 0 Å². The Kier molecular flexibility index (Phi) is 6.84. The molecule has 0 aromatic heterocycles. The largest absolute Gasteiger partial charge is 0.368 e. The van der Waals surface area contributed by atoms with Crippen LogP contribution < -0.4 is 14.5 Å². The number of rotatable bonds is 7. The second kappa shape index (κ2) is 10.3. The lowest BCUT2D eigenvalue weighted by Gasteiger charge is -2.36. The second-order valence-electron chi connectivity index (χ2n) is 8.69. The van der Waals surface area contributed by atoms with E-state index in [1.54, 1.807) is 24.3 Å². The molecule has 1 N–H and O–H groups in total. The molecule has 0 amide bonds. The minimum atomic E-state index is -3.75. The van der Waals surface area contributed by atoms with E-state index >= 15 is 0 Å². The van der Waals surface area contributed by atoms with Crippen LogP contribution in [0, 0.1) is 0 Å². The summed E-state index contributed by atoms with van der Waals surface area (Å²) in [5, 5.41) is 3.60. The van der Waals surface area contributed by atoms with Gasteiger partial charge in [0.2, 0.25) is 0 Å². The summed E-state index contributed by atoms with van der Waals surface area (Å²) in [5.74, 6) is 0. The van der Waals surface area contributed by atoms with Crippen LogP contribution in [0.1, 0.15) is 17.2 Å². The van der Waals surface area contributed by atoms with Gasteiger partial charge in [0.1, 0.15) is 0 Å². The van der Waals surface area contributed by atoms with Gasteiger partial charge in [0.25, 0.3) is 10.0 Å². The van der Waals surface area contributed by atoms with E-state index < -0.39 is 10.0 Å². The highest BCUT2D eigenvalue weighted by atomic mass is 32.2. The van der Waals surface area contributed by atoms with Gasteiger partial charge in [0.05, 0.1) is 17.1 Å². The number of piperazine rings is 1. The van der Waals surface area contributed by atoms with Crippen molar-refractivity contribution in [1.29, 1.82) is 0 Å². The molecule has 0 radical (unpaired) electrons. The number of sulfonamides is 1. The predicted molar refractivity (Wildman–Crippen MR) is 142 cm³/mol. The van der Waals surface area contributed by atoms with Crippen molar-refractivity contribution in [2.24, 2.45) is 0 Å². The molecule has 1 saturated heterocycles. The van der Waals surface area contributed by atoms with Crippen molar-refractivity contribution < 1.29 is 8.42 Å². The topological polar surface area (TPSA) is 52.7 Å². The predicted octanol–water partition coefficient (Wildman–Crippen LogP) is 5.23. The Bertz CT molecular complexity index is 1350. The van der Waals surface area contributed by atoms with Crippen LogP contribution in [0.15, 0.2) is 120 Å². The third kappa shape index (κ3) is 5.24. The summed E-state index contributed by atoms with van der Waals surface area (Å²) >= 11 is 0. The molecule has 0 spiro atoms. The molecule has 5 rings (SSSR count). The van der Waals surface area contributed by atoms with Gasteiger partial charge in [-0.1, -0.05) is 84.9 Å². The lowest BCUT2D eigenvalue weighted by Crippen LogP contribution is -2.45. The Balaban J connectivity index is 1.48. The van der Waals surface area contributed by atoms with Gasteiger partial charge in [-0.25, -0.2) is 8.42 Å². The molecule has 0 aliphatic carbocycles. The molecule has 178 valence electrons. The number of hydrogen-bond donors (Lipinski definition) is 1. The van der Waals surface area contributed by atoms with E-state index in [0.29, 0.717) is 5.69 Å². The molecule has 0 saturated carbocycles. The molecular weight excluding hydrogens is 454 g/mol. The van der Waals surface area contributed by atoms with Gasteiger partial charge in [-0.15, -0.1) is 0 Å². The SMILES string of the molecule is O=S(=O)(c1ccccc1)N(Cc1ccccc1)c1cccc(N2CCNC(c3ccccc3)C2)c1. The zero-order chi connectivity index (χ0) is 24.1. The monoisotopic (exact) mass is 483 g/mol. The highest BCUT2D eigenvalue weighted by molar-refractivity contribution is 7.92. The van der Waals surface area contributed by atoms with Crippen LogP contribution in [0.25, 0.3) is 0 Å². The standard InChI is InChI=1S/C29H29N3O2S/c33-35(34,28-17-8-3-9-18-28)32(22-24-11-4-1-5-12-24)27-16-10-15-26(21-27)31-20-19-30-29(23-31)25-13-6-2-7-14-25/h1-18,21,29-30H,19-20,22-23H2. The average Bonchev–Trinajstić information content (AvgIpc) is 2.93. The molecule has 1 unspecified atom stereocenters. The number of nitrogens with zero attached hydrogens (tertiary/aromatic N) is 2. The maximum Gasteiger partial charge on any atom is 0.264 e. The first-order valence-corrected chi connectivity index (χ1v) is 13.3.